The summed E-state index contributed by atoms with van der Waals surface area (Å²) in [6.07, 6.45) is 0.531. The molecule has 0 aliphatic carbocycles. The molecule has 1 unspecified atom stereocenters. The van der Waals surface area contributed by atoms with Crippen LogP contribution in [-0.2, 0) is 4.74 Å². The van der Waals surface area contributed by atoms with Gasteiger partial charge < -0.3 is 30.4 Å². The fourth-order valence-electron chi connectivity index (χ4n) is 1.74. The Bertz CT molecular complexity index is 435. The topological polar surface area (TPSA) is 86.0 Å². The average Bonchev–Trinajstić information content (AvgIpc) is 2.43. The van der Waals surface area contributed by atoms with Crippen molar-refractivity contribution >= 4 is 11.4 Å². The zero-order valence-electron chi connectivity index (χ0n) is 12.5. The number of hydrogen-bond acceptors (Lipinski definition) is 6. The lowest BCUT2D eigenvalue weighted by Crippen LogP contribution is -2.34. The molecule has 0 saturated heterocycles. The van der Waals surface area contributed by atoms with E-state index in [0.717, 1.165) is 0 Å². The SMILES string of the molecule is COCCC(C)(O)CNc1cc(OC)c(OC)cc1N. The first-order chi connectivity index (χ1) is 9.43. The molecule has 114 valence electrons. The Morgan fingerprint density at radius 1 is 1.20 bits per heavy atom. The minimum atomic E-state index is -0.879. The quantitative estimate of drug-likeness (QED) is 0.627. The van der Waals surface area contributed by atoms with E-state index in [1.165, 1.54) is 0 Å². The number of ether oxygens (including phenoxy) is 3. The summed E-state index contributed by atoms with van der Waals surface area (Å²) in [7, 11) is 4.72. The largest absolute Gasteiger partial charge is 0.493 e. The molecule has 0 fully saturated rings. The van der Waals surface area contributed by atoms with Crippen molar-refractivity contribution in [2.45, 2.75) is 18.9 Å². The van der Waals surface area contributed by atoms with Gasteiger partial charge in [-0.25, -0.2) is 0 Å². The van der Waals surface area contributed by atoms with Gasteiger partial charge in [-0.05, 0) is 6.92 Å². The van der Waals surface area contributed by atoms with E-state index in [1.54, 1.807) is 40.4 Å². The van der Waals surface area contributed by atoms with Gasteiger partial charge in [0.15, 0.2) is 11.5 Å². The molecule has 1 atom stereocenters. The van der Waals surface area contributed by atoms with Crippen molar-refractivity contribution in [2.75, 3.05) is 45.5 Å². The summed E-state index contributed by atoms with van der Waals surface area (Å²) in [5.41, 5.74) is 6.29. The van der Waals surface area contributed by atoms with E-state index in [4.69, 9.17) is 19.9 Å². The summed E-state index contributed by atoms with van der Waals surface area (Å²) in [6.45, 7) is 2.60. The van der Waals surface area contributed by atoms with E-state index in [0.29, 0.717) is 42.4 Å². The van der Waals surface area contributed by atoms with E-state index >= 15 is 0 Å². The van der Waals surface area contributed by atoms with Crippen LogP contribution in [0.1, 0.15) is 13.3 Å². The highest BCUT2D eigenvalue weighted by Gasteiger charge is 2.20. The molecule has 1 aromatic carbocycles. The van der Waals surface area contributed by atoms with Crippen LogP contribution in [0.15, 0.2) is 12.1 Å². The van der Waals surface area contributed by atoms with E-state index in [2.05, 4.69) is 5.32 Å². The van der Waals surface area contributed by atoms with Crippen molar-refractivity contribution < 1.29 is 19.3 Å². The lowest BCUT2D eigenvalue weighted by atomic mass is 10.0. The first-order valence-corrected chi connectivity index (χ1v) is 6.40. The van der Waals surface area contributed by atoms with Crippen LogP contribution in [0.5, 0.6) is 11.5 Å². The molecular weight excluding hydrogens is 260 g/mol. The third kappa shape index (κ3) is 4.47. The molecule has 0 aliphatic rings. The molecule has 4 N–H and O–H groups in total. The Morgan fingerprint density at radius 3 is 2.35 bits per heavy atom. The summed E-state index contributed by atoms with van der Waals surface area (Å²) in [4.78, 5) is 0. The zero-order chi connectivity index (χ0) is 15.2. The molecule has 0 saturated carbocycles. The van der Waals surface area contributed by atoms with Crippen LogP contribution in [0, 0.1) is 0 Å². The minimum absolute atomic E-state index is 0.357. The van der Waals surface area contributed by atoms with Crippen LogP contribution < -0.4 is 20.5 Å². The fourth-order valence-corrected chi connectivity index (χ4v) is 1.74. The maximum absolute atomic E-state index is 10.2. The molecule has 6 nitrogen and oxygen atoms in total. The molecule has 1 rings (SSSR count). The van der Waals surface area contributed by atoms with Crippen molar-refractivity contribution in [1.82, 2.24) is 0 Å². The van der Waals surface area contributed by atoms with Gasteiger partial charge in [0.05, 0.1) is 31.2 Å². The number of anilines is 2. The van der Waals surface area contributed by atoms with Crippen LogP contribution in [-0.4, -0.2) is 45.2 Å². The Labute approximate surface area is 119 Å². The number of rotatable bonds is 8. The molecule has 1 aromatic rings. The van der Waals surface area contributed by atoms with Crippen molar-refractivity contribution in [3.05, 3.63) is 12.1 Å². The normalized spacial score (nSPS) is 13.7. The molecule has 0 amide bonds. The van der Waals surface area contributed by atoms with E-state index in [9.17, 15) is 5.11 Å². The van der Waals surface area contributed by atoms with Crippen LogP contribution in [0.25, 0.3) is 0 Å². The van der Waals surface area contributed by atoms with Crippen LogP contribution in [0.2, 0.25) is 0 Å². The average molecular weight is 284 g/mol. The maximum atomic E-state index is 10.2. The highest BCUT2D eigenvalue weighted by molar-refractivity contribution is 5.72. The first kappa shape index (κ1) is 16.4. The summed E-state index contributed by atoms with van der Waals surface area (Å²) in [6, 6.07) is 3.44. The Balaban J connectivity index is 2.77. The number of benzene rings is 1. The van der Waals surface area contributed by atoms with Gasteiger partial charge in [-0.1, -0.05) is 0 Å². The predicted molar refractivity (Wildman–Crippen MR) is 79.6 cm³/mol. The summed E-state index contributed by atoms with van der Waals surface area (Å²) >= 11 is 0. The van der Waals surface area contributed by atoms with Gasteiger partial charge >= 0.3 is 0 Å². The second-order valence-electron chi connectivity index (χ2n) is 4.89. The molecule has 0 heterocycles. The molecule has 0 bridgehead atoms. The first-order valence-electron chi connectivity index (χ1n) is 6.40. The lowest BCUT2D eigenvalue weighted by molar-refractivity contribution is 0.0357. The van der Waals surface area contributed by atoms with Crippen LogP contribution in [0.4, 0.5) is 11.4 Å². The second-order valence-corrected chi connectivity index (χ2v) is 4.89. The number of aliphatic hydroxyl groups is 1. The monoisotopic (exact) mass is 284 g/mol. The Kier molecular flexibility index (Phi) is 5.91. The van der Waals surface area contributed by atoms with Crippen molar-refractivity contribution in [1.29, 1.82) is 0 Å². The summed E-state index contributed by atoms with van der Waals surface area (Å²) < 4.78 is 15.4. The predicted octanol–water partition coefficient (Wildman–Crippen LogP) is 1.49. The highest BCUT2D eigenvalue weighted by Crippen LogP contribution is 2.35. The number of methoxy groups -OCH3 is 3. The highest BCUT2D eigenvalue weighted by atomic mass is 16.5. The van der Waals surface area contributed by atoms with Crippen molar-refractivity contribution in [3.8, 4) is 11.5 Å². The van der Waals surface area contributed by atoms with Crippen molar-refractivity contribution in [3.63, 3.8) is 0 Å². The lowest BCUT2D eigenvalue weighted by Gasteiger charge is -2.24. The van der Waals surface area contributed by atoms with Gasteiger partial charge in [-0.15, -0.1) is 0 Å². The van der Waals surface area contributed by atoms with Gasteiger partial charge in [0.25, 0.3) is 0 Å². The van der Waals surface area contributed by atoms with Crippen LogP contribution >= 0.6 is 0 Å². The number of hydrogen-bond donors (Lipinski definition) is 3. The number of nitrogen functional groups attached to an aromatic ring is 1. The Morgan fingerprint density at radius 2 is 1.80 bits per heavy atom. The third-order valence-corrected chi connectivity index (χ3v) is 3.06. The molecule has 0 aromatic heterocycles. The van der Waals surface area contributed by atoms with Gasteiger partial charge in [-0.2, -0.15) is 0 Å². The summed E-state index contributed by atoms with van der Waals surface area (Å²) in [5.74, 6) is 1.16. The van der Waals surface area contributed by atoms with Gasteiger partial charge in [0.2, 0.25) is 0 Å². The molecule has 0 aliphatic heterocycles. The molecule has 0 radical (unpaired) electrons. The van der Waals surface area contributed by atoms with Gasteiger partial charge in [0.1, 0.15) is 0 Å². The maximum Gasteiger partial charge on any atom is 0.162 e. The second kappa shape index (κ2) is 7.21. The van der Waals surface area contributed by atoms with E-state index in [-0.39, 0.29) is 0 Å². The molecule has 20 heavy (non-hydrogen) atoms. The van der Waals surface area contributed by atoms with E-state index in [1.807, 2.05) is 0 Å². The van der Waals surface area contributed by atoms with Crippen LogP contribution in [0.3, 0.4) is 0 Å². The molecule has 0 spiro atoms. The molecular formula is C14H24N2O4. The number of nitrogens with one attached hydrogen (secondary N) is 1. The zero-order valence-corrected chi connectivity index (χ0v) is 12.5. The fraction of sp³-hybridized carbons (Fsp3) is 0.571. The summed E-state index contributed by atoms with van der Waals surface area (Å²) in [5, 5.41) is 13.3. The number of nitrogens with two attached hydrogens (primary N) is 1. The molecule has 6 heteroatoms. The van der Waals surface area contributed by atoms with Crippen molar-refractivity contribution in [2.24, 2.45) is 0 Å². The van der Waals surface area contributed by atoms with E-state index < -0.39 is 5.60 Å². The minimum Gasteiger partial charge on any atom is -0.493 e. The smallest absolute Gasteiger partial charge is 0.162 e. The Hall–Kier alpha value is -1.66. The third-order valence-electron chi connectivity index (χ3n) is 3.06. The van der Waals surface area contributed by atoms with Gasteiger partial charge in [-0.3, -0.25) is 0 Å². The standard InChI is InChI=1S/C14H24N2O4/c1-14(17,5-6-18-2)9-16-11-8-13(20-4)12(19-3)7-10(11)15/h7-8,16-17H,5-6,9,15H2,1-4H3. The van der Waals surface area contributed by atoms with Gasteiger partial charge in [0, 0.05) is 38.8 Å².